The monoisotopic (exact) mass is 282 g/mol. The van der Waals surface area contributed by atoms with Crippen LogP contribution in [0.15, 0.2) is 0 Å². The Balaban J connectivity index is 1.62. The van der Waals surface area contributed by atoms with E-state index in [4.69, 9.17) is 5.73 Å². The lowest BCUT2D eigenvalue weighted by Gasteiger charge is -2.52. The van der Waals surface area contributed by atoms with Crippen LogP contribution in [-0.4, -0.2) is 41.6 Å². The second-order valence-electron chi connectivity index (χ2n) is 7.13. The summed E-state index contributed by atoms with van der Waals surface area (Å²) < 4.78 is 0. The molecule has 0 aromatic heterocycles. The van der Waals surface area contributed by atoms with Gasteiger partial charge in [0, 0.05) is 17.8 Å². The smallest absolute Gasteiger partial charge is 0.0422 e. The highest BCUT2D eigenvalue weighted by Crippen LogP contribution is 2.46. The molecule has 0 bridgehead atoms. The highest BCUT2D eigenvalue weighted by molar-refractivity contribution is 7.99. The molecule has 0 aromatic rings. The molecule has 2 nitrogen and oxygen atoms in total. The van der Waals surface area contributed by atoms with Gasteiger partial charge in [-0.1, -0.05) is 19.3 Å². The molecule has 0 radical (unpaired) electrons. The number of hydrogen-bond acceptors (Lipinski definition) is 3. The molecule has 1 aliphatic carbocycles. The zero-order valence-electron chi connectivity index (χ0n) is 12.3. The first kappa shape index (κ1) is 14.2. The Labute approximate surface area is 122 Å². The van der Waals surface area contributed by atoms with Crippen molar-refractivity contribution < 1.29 is 0 Å². The molecule has 1 unspecified atom stereocenters. The van der Waals surface area contributed by atoms with Crippen LogP contribution in [0.25, 0.3) is 0 Å². The molecule has 3 rings (SSSR count). The lowest BCUT2D eigenvalue weighted by molar-refractivity contribution is 0.00852. The molecular weight excluding hydrogens is 252 g/mol. The van der Waals surface area contributed by atoms with Gasteiger partial charge in [0.1, 0.15) is 0 Å². The van der Waals surface area contributed by atoms with E-state index in [1.807, 2.05) is 0 Å². The molecule has 0 amide bonds. The van der Waals surface area contributed by atoms with E-state index in [0.29, 0.717) is 5.54 Å². The molecule has 1 saturated carbocycles. The summed E-state index contributed by atoms with van der Waals surface area (Å²) in [5, 5.41) is 0. The molecule has 3 fully saturated rings. The van der Waals surface area contributed by atoms with Crippen LogP contribution in [0.1, 0.15) is 57.8 Å². The van der Waals surface area contributed by atoms with Gasteiger partial charge < -0.3 is 5.73 Å². The number of hydrogen-bond donors (Lipinski definition) is 1. The van der Waals surface area contributed by atoms with Crippen molar-refractivity contribution >= 4 is 11.8 Å². The van der Waals surface area contributed by atoms with Crippen LogP contribution in [0.5, 0.6) is 0 Å². The normalized spacial score (nSPS) is 36.5. The Kier molecular flexibility index (Phi) is 4.45. The van der Waals surface area contributed by atoms with Gasteiger partial charge in [0.05, 0.1) is 0 Å². The summed E-state index contributed by atoms with van der Waals surface area (Å²) in [6.07, 6.45) is 13.0. The average molecular weight is 282 g/mol. The molecule has 19 heavy (non-hydrogen) atoms. The van der Waals surface area contributed by atoms with Crippen molar-refractivity contribution in [3.63, 3.8) is 0 Å². The first-order valence-corrected chi connectivity index (χ1v) is 9.47. The van der Waals surface area contributed by atoms with Crippen molar-refractivity contribution in [2.75, 3.05) is 31.1 Å². The maximum absolute atomic E-state index is 6.18. The predicted octanol–water partition coefficient (Wildman–Crippen LogP) is 3.26. The third-order valence-corrected chi connectivity index (χ3v) is 7.41. The van der Waals surface area contributed by atoms with E-state index >= 15 is 0 Å². The molecule has 2 saturated heterocycles. The summed E-state index contributed by atoms with van der Waals surface area (Å²) in [5.41, 5.74) is 7.26. The summed E-state index contributed by atoms with van der Waals surface area (Å²) in [4.78, 5) is 2.78. The van der Waals surface area contributed by atoms with Crippen molar-refractivity contribution in [1.29, 1.82) is 0 Å². The fraction of sp³-hybridized carbons (Fsp3) is 1.00. The zero-order valence-corrected chi connectivity index (χ0v) is 13.1. The third kappa shape index (κ3) is 2.84. The molecule has 110 valence electrons. The first-order chi connectivity index (χ1) is 9.29. The Morgan fingerprint density at radius 1 is 0.895 bits per heavy atom. The summed E-state index contributed by atoms with van der Waals surface area (Å²) in [7, 11) is 0. The van der Waals surface area contributed by atoms with Gasteiger partial charge in [0.15, 0.2) is 0 Å². The molecule has 1 spiro atoms. The Bertz CT molecular complexity index is 283. The minimum atomic E-state index is 0.346. The molecule has 1 atom stereocenters. The van der Waals surface area contributed by atoms with Gasteiger partial charge in [-0.25, -0.2) is 0 Å². The first-order valence-electron chi connectivity index (χ1n) is 8.32. The van der Waals surface area contributed by atoms with Crippen molar-refractivity contribution in [3.05, 3.63) is 0 Å². The maximum Gasteiger partial charge on any atom is 0.0422 e. The number of nitrogens with two attached hydrogens (primary N) is 1. The molecule has 2 N–H and O–H groups in total. The fourth-order valence-corrected chi connectivity index (χ4v) is 5.95. The summed E-state index contributed by atoms with van der Waals surface area (Å²) in [5.74, 6) is 2.62. The minimum Gasteiger partial charge on any atom is -0.329 e. The second-order valence-corrected chi connectivity index (χ2v) is 8.24. The lowest BCUT2D eigenvalue weighted by Crippen LogP contribution is -2.60. The largest absolute Gasteiger partial charge is 0.329 e. The van der Waals surface area contributed by atoms with Crippen molar-refractivity contribution in [3.8, 4) is 0 Å². The number of nitrogens with zero attached hydrogens (tertiary/aromatic N) is 1. The minimum absolute atomic E-state index is 0.346. The Morgan fingerprint density at radius 3 is 2.21 bits per heavy atom. The molecule has 2 aliphatic heterocycles. The van der Waals surface area contributed by atoms with Gasteiger partial charge in [-0.2, -0.15) is 11.8 Å². The van der Waals surface area contributed by atoms with Gasteiger partial charge in [-0.05, 0) is 62.8 Å². The van der Waals surface area contributed by atoms with Crippen LogP contribution in [0, 0.1) is 5.41 Å². The van der Waals surface area contributed by atoms with E-state index in [1.165, 1.54) is 82.4 Å². The Morgan fingerprint density at radius 2 is 1.63 bits per heavy atom. The van der Waals surface area contributed by atoms with Crippen LogP contribution in [0.4, 0.5) is 0 Å². The van der Waals surface area contributed by atoms with E-state index < -0.39 is 0 Å². The Hall–Kier alpha value is 0.270. The van der Waals surface area contributed by atoms with Gasteiger partial charge >= 0.3 is 0 Å². The number of piperidine rings is 1. The number of likely N-dealkylation sites (tertiary alicyclic amines) is 1. The molecular formula is C16H30N2S. The topological polar surface area (TPSA) is 29.3 Å². The average Bonchev–Trinajstić information content (AvgIpc) is 2.49. The van der Waals surface area contributed by atoms with E-state index in [9.17, 15) is 0 Å². The van der Waals surface area contributed by atoms with Crippen LogP contribution >= 0.6 is 11.8 Å². The van der Waals surface area contributed by atoms with Gasteiger partial charge in [-0.15, -0.1) is 0 Å². The van der Waals surface area contributed by atoms with Crippen LogP contribution in [0.3, 0.4) is 0 Å². The van der Waals surface area contributed by atoms with E-state index in [2.05, 4.69) is 16.7 Å². The predicted molar refractivity (Wildman–Crippen MR) is 84.7 cm³/mol. The quantitative estimate of drug-likeness (QED) is 0.843. The van der Waals surface area contributed by atoms with Crippen molar-refractivity contribution in [2.24, 2.45) is 11.1 Å². The van der Waals surface area contributed by atoms with Gasteiger partial charge in [0.25, 0.3) is 0 Å². The van der Waals surface area contributed by atoms with Crippen LogP contribution < -0.4 is 5.73 Å². The lowest BCUT2D eigenvalue weighted by atomic mass is 9.67. The van der Waals surface area contributed by atoms with E-state index in [0.717, 1.165) is 12.0 Å². The van der Waals surface area contributed by atoms with E-state index in [-0.39, 0.29) is 0 Å². The molecule has 3 heteroatoms. The summed E-state index contributed by atoms with van der Waals surface area (Å²) >= 11 is 2.13. The highest BCUT2D eigenvalue weighted by Gasteiger charge is 2.43. The van der Waals surface area contributed by atoms with Crippen molar-refractivity contribution in [2.45, 2.75) is 63.3 Å². The van der Waals surface area contributed by atoms with Crippen molar-refractivity contribution in [1.82, 2.24) is 4.90 Å². The van der Waals surface area contributed by atoms with Crippen LogP contribution in [0.2, 0.25) is 0 Å². The zero-order chi connectivity index (χ0) is 13.2. The molecule has 0 aromatic carbocycles. The summed E-state index contributed by atoms with van der Waals surface area (Å²) in [6, 6.07) is 0. The van der Waals surface area contributed by atoms with Gasteiger partial charge in [0.2, 0.25) is 0 Å². The molecule has 2 heterocycles. The highest BCUT2D eigenvalue weighted by atomic mass is 32.2. The maximum atomic E-state index is 6.18. The van der Waals surface area contributed by atoms with E-state index in [1.54, 1.807) is 0 Å². The van der Waals surface area contributed by atoms with Gasteiger partial charge in [-0.3, -0.25) is 4.90 Å². The number of thioether (sulfide) groups is 1. The summed E-state index contributed by atoms with van der Waals surface area (Å²) in [6.45, 7) is 3.50. The standard InChI is InChI=1S/C16H30N2S/c17-13-16(7-4-12-19-14-16)18-10-8-15(9-11-18)5-2-1-3-6-15/h1-14,17H2. The SMILES string of the molecule is NCC1(N2CCC3(CCCCC3)CC2)CCCSC1. The fourth-order valence-electron chi connectivity index (χ4n) is 4.63. The third-order valence-electron chi connectivity index (χ3n) is 6.09. The van der Waals surface area contributed by atoms with Crippen LogP contribution in [-0.2, 0) is 0 Å². The second kappa shape index (κ2) is 5.95. The molecule has 3 aliphatic rings. The number of rotatable bonds is 2.